The summed E-state index contributed by atoms with van der Waals surface area (Å²) >= 11 is 0. The van der Waals surface area contributed by atoms with Crippen LogP contribution in [0.2, 0.25) is 0 Å². The first-order valence-corrected chi connectivity index (χ1v) is 5.60. The molecule has 0 aromatic rings. The molecule has 2 amide bonds. The number of nitrogens with one attached hydrogen (secondary N) is 2. The molecule has 1 atom stereocenters. The highest BCUT2D eigenvalue weighted by atomic mass is 16.4. The summed E-state index contributed by atoms with van der Waals surface area (Å²) in [5.41, 5.74) is 0. The third-order valence-corrected chi connectivity index (χ3v) is 2.03. The topological polar surface area (TPSA) is 78.4 Å². The van der Waals surface area contributed by atoms with Gasteiger partial charge in [-0.2, -0.15) is 0 Å². The molecule has 0 fully saturated rings. The van der Waals surface area contributed by atoms with Crippen LogP contribution in [0.5, 0.6) is 0 Å². The van der Waals surface area contributed by atoms with E-state index in [4.69, 9.17) is 5.11 Å². The maximum Gasteiger partial charge on any atom is 0.315 e. The second-order valence-electron chi connectivity index (χ2n) is 4.67. The molecule has 0 aromatic carbocycles. The summed E-state index contributed by atoms with van der Waals surface area (Å²) < 4.78 is 0. The van der Waals surface area contributed by atoms with Crippen LogP contribution in [0.15, 0.2) is 0 Å². The van der Waals surface area contributed by atoms with Crippen molar-refractivity contribution in [2.45, 2.75) is 40.2 Å². The molecule has 0 saturated carbocycles. The van der Waals surface area contributed by atoms with Crippen molar-refractivity contribution in [1.29, 1.82) is 0 Å². The summed E-state index contributed by atoms with van der Waals surface area (Å²) in [5, 5.41) is 14.2. The minimum Gasteiger partial charge on any atom is -0.481 e. The van der Waals surface area contributed by atoms with Crippen molar-refractivity contribution in [3.63, 3.8) is 0 Å². The minimum atomic E-state index is -0.862. The number of carbonyl (C=O) groups is 2. The van der Waals surface area contributed by atoms with Crippen LogP contribution in [0.25, 0.3) is 0 Å². The van der Waals surface area contributed by atoms with Crippen LogP contribution in [0, 0.1) is 11.8 Å². The molecule has 0 aliphatic heterocycles. The molecule has 0 rings (SSSR count). The number of urea groups is 1. The Labute approximate surface area is 96.6 Å². The van der Waals surface area contributed by atoms with Crippen LogP contribution in [-0.4, -0.2) is 29.7 Å². The van der Waals surface area contributed by atoms with Crippen molar-refractivity contribution >= 4 is 12.0 Å². The molecule has 0 saturated heterocycles. The first-order valence-electron chi connectivity index (χ1n) is 5.60. The Morgan fingerprint density at radius 3 is 2.12 bits per heavy atom. The largest absolute Gasteiger partial charge is 0.481 e. The van der Waals surface area contributed by atoms with Crippen LogP contribution in [0.1, 0.15) is 34.1 Å². The first kappa shape index (κ1) is 14.7. The van der Waals surface area contributed by atoms with Crippen LogP contribution in [-0.2, 0) is 4.79 Å². The molecule has 5 nitrogen and oxygen atoms in total. The number of carboxylic acids is 1. The Kier molecular flexibility index (Phi) is 6.53. The van der Waals surface area contributed by atoms with Crippen molar-refractivity contribution in [2.75, 3.05) is 6.54 Å². The number of hydrogen-bond donors (Lipinski definition) is 3. The molecule has 94 valence electrons. The van der Waals surface area contributed by atoms with Crippen LogP contribution >= 0.6 is 0 Å². The summed E-state index contributed by atoms with van der Waals surface area (Å²) in [6, 6.07) is -0.265. The van der Waals surface area contributed by atoms with Crippen molar-refractivity contribution in [3.8, 4) is 0 Å². The number of aliphatic carboxylic acids is 1. The first-order chi connectivity index (χ1) is 7.32. The monoisotopic (exact) mass is 230 g/mol. The third-order valence-electron chi connectivity index (χ3n) is 2.03. The van der Waals surface area contributed by atoms with Crippen molar-refractivity contribution < 1.29 is 14.7 Å². The van der Waals surface area contributed by atoms with E-state index in [1.54, 1.807) is 0 Å². The van der Waals surface area contributed by atoms with Gasteiger partial charge in [-0.15, -0.1) is 0 Å². The number of amides is 2. The number of rotatable bonds is 6. The molecule has 3 N–H and O–H groups in total. The van der Waals surface area contributed by atoms with Gasteiger partial charge >= 0.3 is 12.0 Å². The molecule has 0 aromatic heterocycles. The highest BCUT2D eigenvalue weighted by Crippen LogP contribution is 2.10. The predicted octanol–water partition coefficient (Wildman–Crippen LogP) is 1.44. The Morgan fingerprint density at radius 1 is 1.19 bits per heavy atom. The molecule has 16 heavy (non-hydrogen) atoms. The Balaban J connectivity index is 4.02. The lowest BCUT2D eigenvalue weighted by atomic mass is 9.97. The summed E-state index contributed by atoms with van der Waals surface area (Å²) in [7, 11) is 0. The lowest BCUT2D eigenvalue weighted by molar-refractivity contribution is -0.142. The van der Waals surface area contributed by atoms with Gasteiger partial charge in [0.1, 0.15) is 0 Å². The molecular formula is C11H22N2O3. The van der Waals surface area contributed by atoms with Crippen LogP contribution < -0.4 is 10.6 Å². The molecule has 1 unspecified atom stereocenters. The van der Waals surface area contributed by atoms with E-state index < -0.39 is 11.9 Å². The predicted molar refractivity (Wildman–Crippen MR) is 62.3 cm³/mol. The zero-order valence-corrected chi connectivity index (χ0v) is 10.4. The van der Waals surface area contributed by atoms with E-state index in [0.717, 1.165) is 0 Å². The van der Waals surface area contributed by atoms with E-state index in [0.29, 0.717) is 12.3 Å². The maximum absolute atomic E-state index is 11.3. The summed E-state index contributed by atoms with van der Waals surface area (Å²) in [4.78, 5) is 22.1. The van der Waals surface area contributed by atoms with E-state index in [1.807, 2.05) is 27.7 Å². The van der Waals surface area contributed by atoms with Crippen molar-refractivity contribution in [1.82, 2.24) is 10.6 Å². The fourth-order valence-corrected chi connectivity index (χ4v) is 1.37. The summed E-state index contributed by atoms with van der Waals surface area (Å²) in [5.74, 6) is -1.08. The summed E-state index contributed by atoms with van der Waals surface area (Å²) in [6.45, 7) is 7.80. The average Bonchev–Trinajstić information content (AvgIpc) is 2.09. The van der Waals surface area contributed by atoms with Gasteiger partial charge in [0.05, 0.1) is 5.92 Å². The fraction of sp³-hybridized carbons (Fsp3) is 0.818. The standard InChI is InChI=1S/C11H22N2O3/c1-7(2)5-9(10(14)15)6-12-11(16)13-8(3)4/h7-9H,5-6H2,1-4H3,(H,14,15)(H2,12,13,16). The average molecular weight is 230 g/mol. The molecule has 0 aliphatic carbocycles. The van der Waals surface area contributed by atoms with Gasteiger partial charge in [0.2, 0.25) is 0 Å². The van der Waals surface area contributed by atoms with Gasteiger partial charge in [0, 0.05) is 12.6 Å². The Morgan fingerprint density at radius 2 is 1.75 bits per heavy atom. The van der Waals surface area contributed by atoms with Gasteiger partial charge < -0.3 is 15.7 Å². The fourth-order valence-electron chi connectivity index (χ4n) is 1.37. The van der Waals surface area contributed by atoms with E-state index in [1.165, 1.54) is 0 Å². The maximum atomic E-state index is 11.3. The minimum absolute atomic E-state index is 0.0494. The van der Waals surface area contributed by atoms with E-state index in [2.05, 4.69) is 10.6 Å². The molecule has 0 spiro atoms. The van der Waals surface area contributed by atoms with Gasteiger partial charge in [-0.3, -0.25) is 4.79 Å². The lowest BCUT2D eigenvalue weighted by Crippen LogP contribution is -2.42. The third kappa shape index (κ3) is 7.09. The smallest absolute Gasteiger partial charge is 0.315 e. The zero-order valence-electron chi connectivity index (χ0n) is 10.4. The Hall–Kier alpha value is -1.26. The summed E-state index contributed by atoms with van der Waals surface area (Å²) in [6.07, 6.45) is 0.567. The zero-order chi connectivity index (χ0) is 12.7. The SMILES string of the molecule is CC(C)CC(CNC(=O)NC(C)C)C(=O)O. The molecule has 5 heteroatoms. The quantitative estimate of drug-likeness (QED) is 0.646. The Bertz CT molecular complexity index is 239. The number of carbonyl (C=O) groups excluding carboxylic acids is 1. The van der Waals surface area contributed by atoms with E-state index in [9.17, 15) is 9.59 Å². The second kappa shape index (κ2) is 7.09. The van der Waals surface area contributed by atoms with Gasteiger partial charge in [-0.25, -0.2) is 4.79 Å². The van der Waals surface area contributed by atoms with Gasteiger partial charge in [0.25, 0.3) is 0 Å². The van der Waals surface area contributed by atoms with Gasteiger partial charge in [-0.05, 0) is 26.2 Å². The number of carboxylic acid groups (broad SMARTS) is 1. The van der Waals surface area contributed by atoms with Crippen LogP contribution in [0.4, 0.5) is 4.79 Å². The number of hydrogen-bond acceptors (Lipinski definition) is 2. The van der Waals surface area contributed by atoms with Crippen LogP contribution in [0.3, 0.4) is 0 Å². The lowest BCUT2D eigenvalue weighted by Gasteiger charge is -2.16. The van der Waals surface area contributed by atoms with E-state index >= 15 is 0 Å². The van der Waals surface area contributed by atoms with Gasteiger partial charge in [0.15, 0.2) is 0 Å². The molecule has 0 radical (unpaired) electrons. The van der Waals surface area contributed by atoms with Crippen molar-refractivity contribution in [3.05, 3.63) is 0 Å². The highest BCUT2D eigenvalue weighted by Gasteiger charge is 2.19. The van der Waals surface area contributed by atoms with Gasteiger partial charge in [-0.1, -0.05) is 13.8 Å². The van der Waals surface area contributed by atoms with E-state index in [-0.39, 0.29) is 18.6 Å². The molecule has 0 aliphatic rings. The molecule has 0 bridgehead atoms. The van der Waals surface area contributed by atoms with Crippen molar-refractivity contribution in [2.24, 2.45) is 11.8 Å². The molecule has 0 heterocycles. The normalized spacial score (nSPS) is 12.6. The highest BCUT2D eigenvalue weighted by molar-refractivity contribution is 5.76. The second-order valence-corrected chi connectivity index (χ2v) is 4.67. The molecular weight excluding hydrogens is 208 g/mol.